The molecule has 2 heterocycles. The predicted molar refractivity (Wildman–Crippen MR) is 98.7 cm³/mol. The molecule has 0 radical (unpaired) electrons. The molecule has 6 nitrogen and oxygen atoms in total. The number of esters is 2. The van der Waals surface area contributed by atoms with Crippen molar-refractivity contribution in [2.45, 2.75) is 32.6 Å². The molecule has 1 aromatic carbocycles. The summed E-state index contributed by atoms with van der Waals surface area (Å²) < 4.78 is 11.8. The zero-order chi connectivity index (χ0) is 19.8. The van der Waals surface area contributed by atoms with Crippen LogP contribution in [0.3, 0.4) is 0 Å². The van der Waals surface area contributed by atoms with Gasteiger partial charge in [-0.1, -0.05) is 23.2 Å². The van der Waals surface area contributed by atoms with Crippen molar-refractivity contribution in [2.24, 2.45) is 5.92 Å². The SMILES string of the molecule is CC1(C)OC(=O)C(CCn2c(Cl)ccc2C(=O)c2ccc(Cl)cc2)C(=O)O1.[Na+]. The van der Waals surface area contributed by atoms with E-state index in [0.717, 1.165) is 0 Å². The van der Waals surface area contributed by atoms with Crippen LogP contribution < -0.4 is 29.6 Å². The standard InChI is InChI=1S/C19H17Cl2NO5.Na/c1-19(2)26-17(24)13(18(25)27-19)9-10-22-14(7-8-15(22)21)16(23)11-3-5-12(20)6-4-11;/h3-8,13H,9-10H2,1-2H3;/q;+1. The molecule has 0 saturated carbocycles. The molecule has 3 rings (SSSR count). The van der Waals surface area contributed by atoms with Gasteiger partial charge >= 0.3 is 41.5 Å². The first-order valence-electron chi connectivity index (χ1n) is 8.29. The first-order valence-corrected chi connectivity index (χ1v) is 9.04. The molecular formula is C19H17Cl2NNaO5+. The number of carbonyl (C=O) groups is 3. The van der Waals surface area contributed by atoms with Crippen LogP contribution in [-0.2, 0) is 25.6 Å². The first-order chi connectivity index (χ1) is 12.7. The third kappa shape index (κ3) is 4.99. The predicted octanol–water partition coefficient (Wildman–Crippen LogP) is 0.872. The van der Waals surface area contributed by atoms with Crippen molar-refractivity contribution in [3.05, 3.63) is 57.8 Å². The minimum absolute atomic E-state index is 0. The van der Waals surface area contributed by atoms with Crippen molar-refractivity contribution < 1.29 is 53.4 Å². The van der Waals surface area contributed by atoms with Gasteiger partial charge in [0.25, 0.3) is 5.79 Å². The first kappa shape index (κ1) is 23.0. The van der Waals surface area contributed by atoms with Gasteiger partial charge in [0.15, 0.2) is 5.92 Å². The summed E-state index contributed by atoms with van der Waals surface area (Å²) in [6.07, 6.45) is 0.100. The fraction of sp³-hybridized carbons (Fsp3) is 0.316. The summed E-state index contributed by atoms with van der Waals surface area (Å²) in [6, 6.07) is 9.67. The average molecular weight is 433 g/mol. The Bertz CT molecular complexity index is 888. The summed E-state index contributed by atoms with van der Waals surface area (Å²) in [6.45, 7) is 3.16. The van der Waals surface area contributed by atoms with Crippen LogP contribution in [0.15, 0.2) is 36.4 Å². The van der Waals surface area contributed by atoms with Crippen LogP contribution >= 0.6 is 23.2 Å². The second kappa shape index (κ2) is 9.01. The van der Waals surface area contributed by atoms with E-state index in [-0.39, 0.29) is 48.3 Å². The van der Waals surface area contributed by atoms with Gasteiger partial charge in [0, 0.05) is 31.0 Å². The molecule has 0 aliphatic carbocycles. The quantitative estimate of drug-likeness (QED) is 0.303. The molecule has 9 heteroatoms. The van der Waals surface area contributed by atoms with Crippen LogP contribution in [0.5, 0.6) is 0 Å². The molecule has 142 valence electrons. The smallest absolute Gasteiger partial charge is 0.422 e. The average Bonchev–Trinajstić information content (AvgIpc) is 2.94. The Kier molecular flexibility index (Phi) is 7.39. The van der Waals surface area contributed by atoms with Crippen molar-refractivity contribution in [1.82, 2.24) is 4.57 Å². The minimum Gasteiger partial charge on any atom is -0.422 e. The van der Waals surface area contributed by atoms with Crippen LogP contribution in [0.1, 0.15) is 36.3 Å². The Hall–Kier alpha value is -1.31. The third-order valence-electron chi connectivity index (χ3n) is 4.17. The molecule has 1 saturated heterocycles. The maximum Gasteiger partial charge on any atom is 1.00 e. The Morgan fingerprint density at radius 3 is 2.18 bits per heavy atom. The maximum atomic E-state index is 12.8. The number of nitrogens with zero attached hydrogens (tertiary/aromatic N) is 1. The summed E-state index contributed by atoms with van der Waals surface area (Å²) in [5.41, 5.74) is 0.800. The van der Waals surface area contributed by atoms with E-state index in [2.05, 4.69) is 0 Å². The van der Waals surface area contributed by atoms with Crippen molar-refractivity contribution in [1.29, 1.82) is 0 Å². The van der Waals surface area contributed by atoms with Gasteiger partial charge in [-0.2, -0.15) is 0 Å². The zero-order valence-corrected chi connectivity index (χ0v) is 19.2. The molecule has 1 aliphatic heterocycles. The van der Waals surface area contributed by atoms with Crippen molar-refractivity contribution in [2.75, 3.05) is 0 Å². The molecule has 1 aromatic heterocycles. The molecule has 1 aliphatic rings. The summed E-state index contributed by atoms with van der Waals surface area (Å²) in [5.74, 6) is -3.87. The minimum atomic E-state index is -1.27. The third-order valence-corrected chi connectivity index (χ3v) is 4.75. The van der Waals surface area contributed by atoms with E-state index in [1.54, 1.807) is 41.0 Å². The number of rotatable bonds is 5. The largest absolute Gasteiger partial charge is 1.00 e. The topological polar surface area (TPSA) is 74.6 Å². The number of ether oxygens (including phenoxy) is 2. The molecule has 0 atom stereocenters. The molecule has 0 spiro atoms. The van der Waals surface area contributed by atoms with Gasteiger partial charge in [-0.15, -0.1) is 0 Å². The molecule has 0 bridgehead atoms. The van der Waals surface area contributed by atoms with E-state index in [1.165, 1.54) is 13.8 Å². The maximum absolute atomic E-state index is 12.8. The van der Waals surface area contributed by atoms with Crippen LogP contribution in [0, 0.1) is 5.92 Å². The second-order valence-electron chi connectivity index (χ2n) is 6.61. The Morgan fingerprint density at radius 2 is 1.61 bits per heavy atom. The normalized spacial score (nSPS) is 16.1. The van der Waals surface area contributed by atoms with Crippen molar-refractivity contribution in [3.63, 3.8) is 0 Å². The molecule has 1 fully saturated rings. The molecular weight excluding hydrogens is 416 g/mol. The van der Waals surface area contributed by atoms with Crippen molar-refractivity contribution in [3.8, 4) is 0 Å². The van der Waals surface area contributed by atoms with E-state index in [1.807, 2.05) is 0 Å². The van der Waals surface area contributed by atoms with Gasteiger partial charge in [-0.3, -0.25) is 14.4 Å². The van der Waals surface area contributed by atoms with Crippen LogP contribution in [-0.4, -0.2) is 28.1 Å². The fourth-order valence-electron chi connectivity index (χ4n) is 2.86. The number of carbonyl (C=O) groups excluding carboxylic acids is 3. The number of benzene rings is 1. The van der Waals surface area contributed by atoms with Gasteiger partial charge in [-0.25, -0.2) is 0 Å². The monoisotopic (exact) mass is 432 g/mol. The Morgan fingerprint density at radius 1 is 1.04 bits per heavy atom. The molecule has 2 aromatic rings. The van der Waals surface area contributed by atoms with Crippen LogP contribution in [0.2, 0.25) is 10.2 Å². The number of cyclic esters (lactones) is 2. The zero-order valence-electron chi connectivity index (χ0n) is 15.7. The number of ketones is 1. The second-order valence-corrected chi connectivity index (χ2v) is 7.44. The van der Waals surface area contributed by atoms with Crippen molar-refractivity contribution >= 4 is 40.9 Å². The van der Waals surface area contributed by atoms with Gasteiger partial charge in [0.1, 0.15) is 5.15 Å². The summed E-state index contributed by atoms with van der Waals surface area (Å²) in [4.78, 5) is 36.9. The van der Waals surface area contributed by atoms with E-state index >= 15 is 0 Å². The van der Waals surface area contributed by atoms with Crippen LogP contribution in [0.4, 0.5) is 0 Å². The number of hydrogen-bond donors (Lipinski definition) is 0. The molecule has 28 heavy (non-hydrogen) atoms. The van der Waals surface area contributed by atoms with E-state index in [9.17, 15) is 14.4 Å². The molecule has 0 N–H and O–H groups in total. The van der Waals surface area contributed by atoms with E-state index < -0.39 is 23.6 Å². The molecule has 0 amide bonds. The van der Waals surface area contributed by atoms with Crippen LogP contribution in [0.25, 0.3) is 0 Å². The summed E-state index contributed by atoms with van der Waals surface area (Å²) in [5, 5.41) is 0.849. The summed E-state index contributed by atoms with van der Waals surface area (Å²) in [7, 11) is 0. The Labute approximate surface area is 194 Å². The van der Waals surface area contributed by atoms with Gasteiger partial charge in [0.2, 0.25) is 5.78 Å². The van der Waals surface area contributed by atoms with E-state index in [4.69, 9.17) is 32.7 Å². The summed E-state index contributed by atoms with van der Waals surface area (Å²) >= 11 is 12.1. The van der Waals surface area contributed by atoms with Gasteiger partial charge in [-0.05, 0) is 42.8 Å². The number of aromatic nitrogens is 1. The van der Waals surface area contributed by atoms with Gasteiger partial charge < -0.3 is 14.0 Å². The number of halogens is 2. The molecule has 0 unspecified atom stereocenters. The number of hydrogen-bond acceptors (Lipinski definition) is 5. The van der Waals surface area contributed by atoms with E-state index in [0.29, 0.717) is 21.4 Å². The Balaban J connectivity index is 0.00000280. The fourth-order valence-corrected chi connectivity index (χ4v) is 3.22. The van der Waals surface area contributed by atoms with Gasteiger partial charge in [0.05, 0.1) is 5.69 Å².